The van der Waals surface area contributed by atoms with Gasteiger partial charge in [0.25, 0.3) is 0 Å². The molecule has 1 unspecified atom stereocenters. The van der Waals surface area contributed by atoms with E-state index in [2.05, 4.69) is 15.8 Å². The van der Waals surface area contributed by atoms with Crippen LogP contribution < -0.4 is 10.6 Å². The second kappa shape index (κ2) is 6.19. The highest BCUT2D eigenvalue weighted by Gasteiger charge is 2.11. The van der Waals surface area contributed by atoms with Crippen LogP contribution in [0.5, 0.6) is 0 Å². The van der Waals surface area contributed by atoms with Crippen LogP contribution in [0.25, 0.3) is 0 Å². The van der Waals surface area contributed by atoms with Crippen LogP contribution >= 0.6 is 0 Å². The van der Waals surface area contributed by atoms with Gasteiger partial charge in [0.2, 0.25) is 5.91 Å². The fraction of sp³-hybridized carbons (Fsp3) is 0.600. The molecule has 0 aliphatic rings. The lowest BCUT2D eigenvalue weighted by atomic mass is 10.1. The van der Waals surface area contributed by atoms with Gasteiger partial charge >= 0.3 is 0 Å². The van der Waals surface area contributed by atoms with Crippen molar-refractivity contribution in [1.29, 1.82) is 0 Å². The average Bonchev–Trinajstić information content (AvgIpc) is 2.75. The molecule has 15 heavy (non-hydrogen) atoms. The minimum Gasteiger partial charge on any atom is -0.360 e. The van der Waals surface area contributed by atoms with Gasteiger partial charge in [-0.25, -0.2) is 0 Å². The largest absolute Gasteiger partial charge is 0.360 e. The lowest BCUT2D eigenvalue weighted by molar-refractivity contribution is -0.124. The third-order valence-electron chi connectivity index (χ3n) is 2.08. The van der Waals surface area contributed by atoms with Crippen LogP contribution in [0.1, 0.15) is 19.6 Å². The van der Waals surface area contributed by atoms with E-state index in [-0.39, 0.29) is 11.8 Å². The maximum Gasteiger partial charge on any atom is 0.224 e. The van der Waals surface area contributed by atoms with Gasteiger partial charge in [0.05, 0.1) is 12.7 Å². The molecular weight excluding hydrogens is 194 g/mol. The molecule has 1 aromatic rings. The first kappa shape index (κ1) is 11.7. The van der Waals surface area contributed by atoms with Crippen LogP contribution in [0.3, 0.4) is 0 Å². The Bertz CT molecular complexity index is 285. The van der Waals surface area contributed by atoms with E-state index in [4.69, 9.17) is 4.52 Å². The molecule has 5 heteroatoms. The van der Waals surface area contributed by atoms with Crippen molar-refractivity contribution in [3.05, 3.63) is 18.0 Å². The van der Waals surface area contributed by atoms with Crippen molar-refractivity contribution < 1.29 is 9.32 Å². The molecule has 0 fully saturated rings. The van der Waals surface area contributed by atoms with Crippen LogP contribution in [0.2, 0.25) is 0 Å². The maximum atomic E-state index is 11.5. The van der Waals surface area contributed by atoms with Crippen LogP contribution in [0, 0.1) is 5.92 Å². The molecule has 84 valence electrons. The SMILES string of the molecule is CCNCC(C)C(=O)NCc1ccno1. The van der Waals surface area contributed by atoms with Crippen molar-refractivity contribution in [2.24, 2.45) is 5.92 Å². The molecule has 1 rings (SSSR count). The fourth-order valence-corrected chi connectivity index (χ4v) is 1.14. The van der Waals surface area contributed by atoms with E-state index in [0.717, 1.165) is 6.54 Å². The van der Waals surface area contributed by atoms with E-state index < -0.39 is 0 Å². The van der Waals surface area contributed by atoms with Crippen molar-refractivity contribution in [2.45, 2.75) is 20.4 Å². The van der Waals surface area contributed by atoms with E-state index in [9.17, 15) is 4.79 Å². The summed E-state index contributed by atoms with van der Waals surface area (Å²) in [5, 5.41) is 9.46. The molecule has 0 spiro atoms. The van der Waals surface area contributed by atoms with Crippen molar-refractivity contribution >= 4 is 5.91 Å². The van der Waals surface area contributed by atoms with Gasteiger partial charge in [-0.1, -0.05) is 19.0 Å². The molecule has 0 saturated heterocycles. The van der Waals surface area contributed by atoms with Gasteiger partial charge in [-0.3, -0.25) is 4.79 Å². The van der Waals surface area contributed by atoms with E-state index in [1.165, 1.54) is 0 Å². The lowest BCUT2D eigenvalue weighted by Crippen LogP contribution is -2.34. The van der Waals surface area contributed by atoms with Gasteiger partial charge < -0.3 is 15.2 Å². The summed E-state index contributed by atoms with van der Waals surface area (Å²) in [6.45, 7) is 5.87. The normalized spacial score (nSPS) is 12.4. The third-order valence-corrected chi connectivity index (χ3v) is 2.08. The maximum absolute atomic E-state index is 11.5. The Labute approximate surface area is 89.2 Å². The van der Waals surface area contributed by atoms with Gasteiger partial charge in [-0.15, -0.1) is 0 Å². The van der Waals surface area contributed by atoms with E-state index in [1.54, 1.807) is 12.3 Å². The Balaban J connectivity index is 2.23. The monoisotopic (exact) mass is 211 g/mol. The van der Waals surface area contributed by atoms with Crippen LogP contribution in [-0.2, 0) is 11.3 Å². The summed E-state index contributed by atoms with van der Waals surface area (Å²) in [5.74, 6) is 0.652. The number of hydrogen-bond acceptors (Lipinski definition) is 4. The van der Waals surface area contributed by atoms with E-state index >= 15 is 0 Å². The average molecular weight is 211 g/mol. The number of carbonyl (C=O) groups is 1. The Hall–Kier alpha value is -1.36. The summed E-state index contributed by atoms with van der Waals surface area (Å²) >= 11 is 0. The number of nitrogens with one attached hydrogen (secondary N) is 2. The quantitative estimate of drug-likeness (QED) is 0.720. The number of nitrogens with zero attached hydrogens (tertiary/aromatic N) is 1. The smallest absolute Gasteiger partial charge is 0.224 e. The molecule has 0 radical (unpaired) electrons. The second-order valence-electron chi connectivity index (χ2n) is 3.41. The standard InChI is InChI=1S/C10H17N3O2/c1-3-11-6-8(2)10(14)12-7-9-4-5-13-15-9/h4-5,8,11H,3,6-7H2,1-2H3,(H,12,14). The van der Waals surface area contributed by atoms with Crippen LogP contribution in [0.15, 0.2) is 16.8 Å². The predicted molar refractivity (Wildman–Crippen MR) is 56.1 cm³/mol. The molecule has 1 heterocycles. The molecule has 1 amide bonds. The first-order chi connectivity index (χ1) is 7.24. The summed E-state index contributed by atoms with van der Waals surface area (Å²) in [5.41, 5.74) is 0. The number of amides is 1. The summed E-state index contributed by atoms with van der Waals surface area (Å²) < 4.78 is 4.86. The fourth-order valence-electron chi connectivity index (χ4n) is 1.14. The second-order valence-corrected chi connectivity index (χ2v) is 3.41. The number of rotatable bonds is 6. The van der Waals surface area contributed by atoms with E-state index in [1.807, 2.05) is 13.8 Å². The lowest BCUT2D eigenvalue weighted by Gasteiger charge is -2.11. The Morgan fingerprint density at radius 2 is 2.47 bits per heavy atom. The Kier molecular flexibility index (Phi) is 4.83. The highest BCUT2D eigenvalue weighted by molar-refractivity contribution is 5.78. The molecule has 5 nitrogen and oxygen atoms in total. The van der Waals surface area contributed by atoms with Gasteiger partial charge in [0.15, 0.2) is 5.76 Å². The zero-order chi connectivity index (χ0) is 11.1. The summed E-state index contributed by atoms with van der Waals surface area (Å²) in [4.78, 5) is 11.5. The summed E-state index contributed by atoms with van der Waals surface area (Å²) in [6, 6.07) is 1.73. The molecule has 2 N–H and O–H groups in total. The van der Waals surface area contributed by atoms with Gasteiger partial charge in [-0.05, 0) is 6.54 Å². The molecule has 0 aliphatic heterocycles. The predicted octanol–water partition coefficient (Wildman–Crippen LogP) is 0.536. The van der Waals surface area contributed by atoms with Crippen molar-refractivity contribution in [1.82, 2.24) is 15.8 Å². The van der Waals surface area contributed by atoms with E-state index in [0.29, 0.717) is 18.8 Å². The number of carbonyl (C=O) groups excluding carboxylic acids is 1. The summed E-state index contributed by atoms with van der Waals surface area (Å²) in [6.07, 6.45) is 1.56. The molecule has 0 saturated carbocycles. The van der Waals surface area contributed by atoms with Crippen LogP contribution in [-0.4, -0.2) is 24.2 Å². The van der Waals surface area contributed by atoms with Crippen molar-refractivity contribution in [2.75, 3.05) is 13.1 Å². The Morgan fingerprint density at radius 1 is 1.67 bits per heavy atom. The molecular formula is C10H17N3O2. The minimum atomic E-state index is -0.0344. The highest BCUT2D eigenvalue weighted by atomic mass is 16.5. The highest BCUT2D eigenvalue weighted by Crippen LogP contribution is 1.97. The zero-order valence-electron chi connectivity index (χ0n) is 9.12. The minimum absolute atomic E-state index is 0.0207. The molecule has 0 bridgehead atoms. The Morgan fingerprint density at radius 3 is 3.07 bits per heavy atom. The van der Waals surface area contributed by atoms with Gasteiger partial charge in [0, 0.05) is 18.5 Å². The van der Waals surface area contributed by atoms with Gasteiger partial charge in [0.1, 0.15) is 0 Å². The number of hydrogen-bond donors (Lipinski definition) is 2. The van der Waals surface area contributed by atoms with Crippen molar-refractivity contribution in [3.8, 4) is 0 Å². The summed E-state index contributed by atoms with van der Waals surface area (Å²) in [7, 11) is 0. The van der Waals surface area contributed by atoms with Crippen molar-refractivity contribution in [3.63, 3.8) is 0 Å². The van der Waals surface area contributed by atoms with Crippen LogP contribution in [0.4, 0.5) is 0 Å². The van der Waals surface area contributed by atoms with Gasteiger partial charge in [-0.2, -0.15) is 0 Å². The molecule has 0 aliphatic carbocycles. The number of aromatic nitrogens is 1. The topological polar surface area (TPSA) is 67.2 Å². The first-order valence-electron chi connectivity index (χ1n) is 5.12. The first-order valence-corrected chi connectivity index (χ1v) is 5.12. The molecule has 1 aromatic heterocycles. The third kappa shape index (κ3) is 4.12. The molecule has 1 atom stereocenters. The zero-order valence-corrected chi connectivity index (χ0v) is 9.12. The molecule has 0 aromatic carbocycles.